The van der Waals surface area contributed by atoms with Crippen LogP contribution in [-0.2, 0) is 9.57 Å². The predicted octanol–water partition coefficient (Wildman–Crippen LogP) is 5.25. The number of unbranched alkanes of at least 4 members (excludes halogenated alkanes) is 1. The number of phenolic OH excluding ortho intramolecular Hbond substituents is 1. The van der Waals surface area contributed by atoms with Gasteiger partial charge in [-0.1, -0.05) is 63.2 Å². The summed E-state index contributed by atoms with van der Waals surface area (Å²) in [5.74, 6) is 0.348. The quantitative estimate of drug-likeness (QED) is 0.234. The monoisotopic (exact) mass is 437 g/mol. The van der Waals surface area contributed by atoms with Crippen molar-refractivity contribution in [3.05, 3.63) is 22.2 Å². The maximum atomic E-state index is 9.32. The van der Waals surface area contributed by atoms with Crippen LogP contribution in [0.1, 0.15) is 12.8 Å². The van der Waals surface area contributed by atoms with Gasteiger partial charge in [-0.2, -0.15) is 0 Å². The lowest BCUT2D eigenvalue weighted by atomic mass is 10.3. The Labute approximate surface area is 165 Å². The average molecular weight is 440 g/mol. The molecule has 1 N–H and O–H groups in total. The first kappa shape index (κ1) is 21.7. The van der Waals surface area contributed by atoms with Crippen LogP contribution in [0.5, 0.6) is 11.5 Å². The Morgan fingerprint density at radius 1 is 1.08 bits per heavy atom. The average Bonchev–Trinajstić information content (AvgIpc) is 2.45. The first-order valence-corrected chi connectivity index (χ1v) is 8.77. The highest BCUT2D eigenvalue weighted by molar-refractivity contribution is 6.67. The normalized spacial score (nSPS) is 11.9. The molecule has 10 heteroatoms. The van der Waals surface area contributed by atoms with E-state index in [-0.39, 0.29) is 29.0 Å². The lowest BCUT2D eigenvalue weighted by molar-refractivity contribution is 0.138. The molecule has 0 spiro atoms. The van der Waals surface area contributed by atoms with Crippen molar-refractivity contribution in [2.45, 2.75) is 16.6 Å². The van der Waals surface area contributed by atoms with Crippen molar-refractivity contribution in [2.24, 2.45) is 5.16 Å². The fourth-order valence-electron chi connectivity index (χ4n) is 1.49. The first-order chi connectivity index (χ1) is 11.3. The summed E-state index contributed by atoms with van der Waals surface area (Å²) in [4.78, 5) is 4.75. The van der Waals surface area contributed by atoms with Gasteiger partial charge in [0.15, 0.2) is 12.4 Å². The molecule has 0 amide bonds. The SMILES string of the molecule is Oc1cc(Cl)c(OCCCCOCC=NOCC(Cl)(Cl)Cl)c(Cl)c1. The molecule has 0 bridgehead atoms. The summed E-state index contributed by atoms with van der Waals surface area (Å²) in [6.45, 7) is 1.11. The number of ether oxygens (including phenoxy) is 2. The minimum atomic E-state index is -1.48. The van der Waals surface area contributed by atoms with Gasteiger partial charge in [0, 0.05) is 18.7 Å². The number of phenols is 1. The van der Waals surface area contributed by atoms with E-state index in [0.29, 0.717) is 19.0 Å². The zero-order valence-electron chi connectivity index (χ0n) is 12.5. The number of hydrogen-bond acceptors (Lipinski definition) is 5. The smallest absolute Gasteiger partial charge is 0.226 e. The molecule has 1 aromatic carbocycles. The maximum absolute atomic E-state index is 9.32. The standard InChI is InChI=1S/C14H16Cl5NO4/c15-11-7-10(21)8-12(16)13(11)23-5-2-1-4-22-6-3-20-24-9-14(17,18)19/h3,7-8,21H,1-2,4-6,9H2. The Bertz CT molecular complexity index is 513. The van der Waals surface area contributed by atoms with Crippen molar-refractivity contribution < 1.29 is 19.4 Å². The zero-order valence-corrected chi connectivity index (χ0v) is 16.3. The number of nitrogens with zero attached hydrogens (tertiary/aromatic N) is 1. The van der Waals surface area contributed by atoms with Crippen molar-refractivity contribution in [3.8, 4) is 11.5 Å². The Morgan fingerprint density at radius 3 is 2.33 bits per heavy atom. The second kappa shape index (κ2) is 11.3. The van der Waals surface area contributed by atoms with Crippen molar-refractivity contribution in [3.63, 3.8) is 0 Å². The Balaban J connectivity index is 2.06. The van der Waals surface area contributed by atoms with Crippen molar-refractivity contribution in [2.75, 3.05) is 26.4 Å². The highest BCUT2D eigenvalue weighted by Gasteiger charge is 2.20. The van der Waals surface area contributed by atoms with Crippen LogP contribution >= 0.6 is 58.0 Å². The Morgan fingerprint density at radius 2 is 1.71 bits per heavy atom. The van der Waals surface area contributed by atoms with Crippen LogP contribution in [0.4, 0.5) is 0 Å². The van der Waals surface area contributed by atoms with Crippen molar-refractivity contribution >= 4 is 64.2 Å². The first-order valence-electron chi connectivity index (χ1n) is 6.88. The molecule has 1 rings (SSSR count). The van der Waals surface area contributed by atoms with Gasteiger partial charge >= 0.3 is 0 Å². The van der Waals surface area contributed by atoms with Gasteiger partial charge in [-0.25, -0.2) is 0 Å². The van der Waals surface area contributed by atoms with Crippen molar-refractivity contribution in [1.29, 1.82) is 0 Å². The van der Waals surface area contributed by atoms with E-state index in [2.05, 4.69) is 5.16 Å². The third kappa shape index (κ3) is 9.87. The molecule has 0 aliphatic rings. The third-order valence-electron chi connectivity index (χ3n) is 2.48. The summed E-state index contributed by atoms with van der Waals surface area (Å²) < 4.78 is 9.33. The molecule has 0 aliphatic carbocycles. The van der Waals surface area contributed by atoms with Gasteiger partial charge in [0.25, 0.3) is 0 Å². The largest absolute Gasteiger partial charge is 0.508 e. The highest BCUT2D eigenvalue weighted by atomic mass is 35.6. The number of halogens is 5. The molecule has 24 heavy (non-hydrogen) atoms. The van der Waals surface area contributed by atoms with E-state index in [1.165, 1.54) is 18.3 Å². The molecule has 1 aromatic rings. The molecular weight excluding hydrogens is 423 g/mol. The molecular formula is C14H16Cl5NO4. The molecule has 0 unspecified atom stereocenters. The molecule has 0 atom stereocenters. The fourth-order valence-corrected chi connectivity index (χ4v) is 2.23. The van der Waals surface area contributed by atoms with Crippen LogP contribution < -0.4 is 4.74 Å². The number of aromatic hydroxyl groups is 1. The van der Waals surface area contributed by atoms with E-state index in [1.54, 1.807) is 0 Å². The number of oxime groups is 1. The lowest BCUT2D eigenvalue weighted by Crippen LogP contribution is -2.10. The number of rotatable bonds is 10. The molecule has 136 valence electrons. The lowest BCUT2D eigenvalue weighted by Gasteiger charge is -2.10. The number of benzene rings is 1. The van der Waals surface area contributed by atoms with Crippen LogP contribution in [0.15, 0.2) is 17.3 Å². The van der Waals surface area contributed by atoms with Crippen LogP contribution in [0, 0.1) is 0 Å². The van der Waals surface area contributed by atoms with Crippen LogP contribution in [0.25, 0.3) is 0 Å². The Kier molecular flexibility index (Phi) is 10.3. The molecule has 0 aliphatic heterocycles. The molecule has 0 fully saturated rings. The topological polar surface area (TPSA) is 60.3 Å². The van der Waals surface area contributed by atoms with Gasteiger partial charge in [-0.15, -0.1) is 0 Å². The summed E-state index contributed by atoms with van der Waals surface area (Å²) >= 11 is 28.3. The van der Waals surface area contributed by atoms with E-state index in [1.807, 2.05) is 0 Å². The minimum Gasteiger partial charge on any atom is -0.508 e. The summed E-state index contributed by atoms with van der Waals surface area (Å²) in [6.07, 6.45) is 2.95. The summed E-state index contributed by atoms with van der Waals surface area (Å²) in [5.41, 5.74) is 0. The van der Waals surface area contributed by atoms with Gasteiger partial charge in [0.05, 0.1) is 29.5 Å². The summed E-state index contributed by atoms with van der Waals surface area (Å²) in [7, 11) is 0. The van der Waals surface area contributed by atoms with Crippen molar-refractivity contribution in [1.82, 2.24) is 0 Å². The van der Waals surface area contributed by atoms with E-state index in [9.17, 15) is 5.11 Å². The van der Waals surface area contributed by atoms with Gasteiger partial charge in [0.1, 0.15) is 5.75 Å². The van der Waals surface area contributed by atoms with Gasteiger partial charge in [-0.05, 0) is 12.8 Å². The maximum Gasteiger partial charge on any atom is 0.226 e. The van der Waals surface area contributed by atoms with Gasteiger partial charge < -0.3 is 19.4 Å². The second-order valence-electron chi connectivity index (χ2n) is 4.55. The highest BCUT2D eigenvalue weighted by Crippen LogP contribution is 2.36. The van der Waals surface area contributed by atoms with Gasteiger partial charge in [-0.3, -0.25) is 0 Å². The minimum absolute atomic E-state index is 0.00905. The Hall–Kier alpha value is -0.300. The van der Waals surface area contributed by atoms with E-state index < -0.39 is 3.79 Å². The van der Waals surface area contributed by atoms with E-state index in [4.69, 9.17) is 72.3 Å². The fraction of sp³-hybridized carbons (Fsp3) is 0.500. The summed E-state index contributed by atoms with van der Waals surface area (Å²) in [5, 5.41) is 13.4. The third-order valence-corrected chi connectivity index (χ3v) is 3.37. The van der Waals surface area contributed by atoms with E-state index >= 15 is 0 Å². The molecule has 0 saturated heterocycles. The van der Waals surface area contributed by atoms with E-state index in [0.717, 1.165) is 12.8 Å². The molecule has 0 radical (unpaired) electrons. The van der Waals surface area contributed by atoms with Gasteiger partial charge in [0.2, 0.25) is 3.79 Å². The molecule has 0 saturated carbocycles. The number of hydrogen-bond donors (Lipinski definition) is 1. The zero-order chi connectivity index (χ0) is 18.0. The molecule has 0 aromatic heterocycles. The molecule has 0 heterocycles. The van der Waals surface area contributed by atoms with Crippen LogP contribution in [-0.4, -0.2) is 41.5 Å². The summed E-state index contributed by atoms with van der Waals surface area (Å²) in [6, 6.07) is 2.74. The number of alkyl halides is 3. The van der Waals surface area contributed by atoms with Crippen LogP contribution in [0.3, 0.4) is 0 Å². The molecule has 5 nitrogen and oxygen atoms in total. The second-order valence-corrected chi connectivity index (χ2v) is 7.88. The van der Waals surface area contributed by atoms with Crippen LogP contribution in [0.2, 0.25) is 10.0 Å². The predicted molar refractivity (Wildman–Crippen MR) is 98.4 cm³/mol.